The third kappa shape index (κ3) is 5.88. The zero-order chi connectivity index (χ0) is 25.5. The Balaban J connectivity index is 1.41. The second-order valence-electron chi connectivity index (χ2n) is 7.90. The zero-order valence-electron chi connectivity index (χ0n) is 20.4. The molecule has 2 aliphatic heterocycles. The van der Waals surface area contributed by atoms with Crippen molar-refractivity contribution < 1.29 is 23.7 Å². The van der Waals surface area contributed by atoms with Gasteiger partial charge < -0.3 is 18.9 Å². The van der Waals surface area contributed by atoms with Gasteiger partial charge in [-0.1, -0.05) is 25.5 Å². The molecule has 4 rings (SSSR count). The normalized spacial score (nSPS) is 16.0. The number of amidine groups is 2. The molecule has 0 saturated heterocycles. The van der Waals surface area contributed by atoms with Crippen LogP contribution in [0.25, 0.3) is 6.08 Å². The van der Waals surface area contributed by atoms with Crippen molar-refractivity contribution in [3.8, 4) is 23.0 Å². The summed E-state index contributed by atoms with van der Waals surface area (Å²) in [6.45, 7) is 2.75. The number of nitrogens with one attached hydrogen (secondary N) is 1. The Bertz CT molecular complexity index is 1240. The second kappa shape index (κ2) is 11.8. The number of hydrazone groups is 1. The van der Waals surface area contributed by atoms with Crippen molar-refractivity contribution in [2.24, 2.45) is 10.1 Å². The maximum Gasteiger partial charge on any atom is 0.283 e. The maximum atomic E-state index is 12.7. The molecule has 0 radical (unpaired) electrons. The van der Waals surface area contributed by atoms with Gasteiger partial charge in [0, 0.05) is 6.07 Å². The van der Waals surface area contributed by atoms with Crippen molar-refractivity contribution in [3.05, 3.63) is 53.6 Å². The van der Waals surface area contributed by atoms with E-state index >= 15 is 0 Å². The average molecular weight is 509 g/mol. The monoisotopic (exact) mass is 508 g/mol. The SMILES string of the molecule is CCCCC1=NN2C(=N)C(=Cc3ccc(OCCOc4cccc(OC)c4)c(OC)c3)C(=O)N=C2S1. The lowest BCUT2D eigenvalue weighted by molar-refractivity contribution is -0.114. The van der Waals surface area contributed by atoms with Crippen LogP contribution in [0.3, 0.4) is 0 Å². The Hall–Kier alpha value is -3.79. The Morgan fingerprint density at radius 2 is 1.83 bits per heavy atom. The number of carbonyl (C=O) groups is 1. The first-order valence-corrected chi connectivity index (χ1v) is 12.4. The summed E-state index contributed by atoms with van der Waals surface area (Å²) in [5.41, 5.74) is 0.850. The van der Waals surface area contributed by atoms with Gasteiger partial charge in [0.1, 0.15) is 29.8 Å². The van der Waals surface area contributed by atoms with E-state index in [9.17, 15) is 4.79 Å². The number of carbonyl (C=O) groups excluding carboxylic acids is 1. The Morgan fingerprint density at radius 1 is 1.03 bits per heavy atom. The summed E-state index contributed by atoms with van der Waals surface area (Å²) >= 11 is 1.35. The van der Waals surface area contributed by atoms with Gasteiger partial charge in [0.25, 0.3) is 5.91 Å². The fourth-order valence-electron chi connectivity index (χ4n) is 3.52. The average Bonchev–Trinajstić information content (AvgIpc) is 3.31. The molecule has 2 heterocycles. The van der Waals surface area contributed by atoms with Crippen LogP contribution >= 0.6 is 11.8 Å². The summed E-state index contributed by atoms with van der Waals surface area (Å²) in [6.07, 6.45) is 4.47. The molecule has 1 N–H and O–H groups in total. The lowest BCUT2D eigenvalue weighted by atomic mass is 10.1. The van der Waals surface area contributed by atoms with E-state index in [4.69, 9.17) is 24.4 Å². The minimum absolute atomic E-state index is 0.0120. The van der Waals surface area contributed by atoms with Crippen LogP contribution in [0.1, 0.15) is 31.7 Å². The number of nitrogens with zero attached hydrogens (tertiary/aromatic N) is 3. The standard InChI is InChI=1S/C26H28N4O5S/c1-4-5-9-23-29-30-24(27)20(25(31)28-26(30)36-23)14-17-10-11-21(22(15-17)33-3)35-13-12-34-19-8-6-7-18(16-19)32-2/h6-8,10-11,14-16,27H,4-5,9,12-13H2,1-3H3. The minimum Gasteiger partial charge on any atom is -0.497 e. The highest BCUT2D eigenvalue weighted by atomic mass is 32.2. The fourth-order valence-corrected chi connectivity index (χ4v) is 4.45. The first-order chi connectivity index (χ1) is 17.5. The molecule has 0 spiro atoms. The highest BCUT2D eigenvalue weighted by molar-refractivity contribution is 8.26. The first kappa shape index (κ1) is 25.3. The van der Waals surface area contributed by atoms with E-state index in [2.05, 4.69) is 17.0 Å². The third-order valence-corrected chi connectivity index (χ3v) is 6.36. The Morgan fingerprint density at radius 3 is 2.61 bits per heavy atom. The van der Waals surface area contributed by atoms with Crippen molar-refractivity contribution >= 4 is 39.8 Å². The van der Waals surface area contributed by atoms with E-state index in [1.54, 1.807) is 44.6 Å². The number of ether oxygens (including phenoxy) is 4. The molecular formula is C26H28N4O5S. The number of aliphatic imine (C=N–C) groups is 1. The van der Waals surface area contributed by atoms with Gasteiger partial charge in [-0.2, -0.15) is 15.1 Å². The summed E-state index contributed by atoms with van der Waals surface area (Å²) in [5, 5.41) is 15.7. The fraction of sp³-hybridized carbons (Fsp3) is 0.308. The van der Waals surface area contributed by atoms with E-state index in [0.29, 0.717) is 41.2 Å². The predicted molar refractivity (Wildman–Crippen MR) is 142 cm³/mol. The molecule has 9 nitrogen and oxygen atoms in total. The molecule has 0 unspecified atom stereocenters. The van der Waals surface area contributed by atoms with Crippen molar-refractivity contribution in [2.75, 3.05) is 27.4 Å². The van der Waals surface area contributed by atoms with Crippen molar-refractivity contribution in [1.82, 2.24) is 5.01 Å². The van der Waals surface area contributed by atoms with E-state index < -0.39 is 5.91 Å². The van der Waals surface area contributed by atoms with Gasteiger partial charge in [-0.15, -0.1) is 0 Å². The highest BCUT2D eigenvalue weighted by Gasteiger charge is 2.35. The van der Waals surface area contributed by atoms with Crippen LogP contribution in [0.2, 0.25) is 0 Å². The van der Waals surface area contributed by atoms with Gasteiger partial charge in [-0.05, 0) is 60.5 Å². The topological polar surface area (TPSA) is 106 Å². The van der Waals surface area contributed by atoms with Crippen LogP contribution in [0.15, 0.2) is 58.1 Å². The third-order valence-electron chi connectivity index (χ3n) is 5.39. The molecule has 188 valence electrons. The molecule has 0 atom stereocenters. The van der Waals surface area contributed by atoms with Crippen LogP contribution in [0.4, 0.5) is 0 Å². The molecule has 2 aromatic carbocycles. The molecule has 10 heteroatoms. The van der Waals surface area contributed by atoms with E-state index in [-0.39, 0.29) is 11.4 Å². The number of methoxy groups -OCH3 is 2. The molecule has 0 fully saturated rings. The number of rotatable bonds is 11. The first-order valence-electron chi connectivity index (χ1n) is 11.6. The lowest BCUT2D eigenvalue weighted by Gasteiger charge is -2.20. The largest absolute Gasteiger partial charge is 0.497 e. The number of fused-ring (bicyclic) bond motifs is 1. The van der Waals surface area contributed by atoms with Crippen LogP contribution in [0.5, 0.6) is 23.0 Å². The molecule has 2 aromatic rings. The van der Waals surface area contributed by atoms with Gasteiger partial charge in [0.2, 0.25) is 5.17 Å². The zero-order valence-corrected chi connectivity index (χ0v) is 21.3. The molecule has 36 heavy (non-hydrogen) atoms. The molecule has 0 aromatic heterocycles. The number of benzene rings is 2. The molecular weight excluding hydrogens is 480 g/mol. The lowest BCUT2D eigenvalue weighted by Crippen LogP contribution is -2.35. The predicted octanol–water partition coefficient (Wildman–Crippen LogP) is 4.97. The highest BCUT2D eigenvalue weighted by Crippen LogP contribution is 2.32. The van der Waals surface area contributed by atoms with Gasteiger partial charge in [0.15, 0.2) is 17.3 Å². The number of hydrogen-bond acceptors (Lipinski definition) is 8. The van der Waals surface area contributed by atoms with Crippen molar-refractivity contribution in [1.29, 1.82) is 5.41 Å². The summed E-state index contributed by atoms with van der Waals surface area (Å²) in [7, 11) is 3.15. The molecule has 2 aliphatic rings. The van der Waals surface area contributed by atoms with Crippen LogP contribution in [-0.4, -0.2) is 54.4 Å². The molecule has 0 saturated carbocycles. The van der Waals surface area contributed by atoms with Crippen LogP contribution < -0.4 is 18.9 Å². The van der Waals surface area contributed by atoms with Gasteiger partial charge in [-0.25, -0.2) is 0 Å². The maximum absolute atomic E-state index is 12.7. The van der Waals surface area contributed by atoms with Crippen molar-refractivity contribution in [3.63, 3.8) is 0 Å². The quantitative estimate of drug-likeness (QED) is 0.337. The summed E-state index contributed by atoms with van der Waals surface area (Å²) in [4.78, 5) is 16.8. The van der Waals surface area contributed by atoms with Crippen molar-refractivity contribution in [2.45, 2.75) is 26.2 Å². The smallest absolute Gasteiger partial charge is 0.283 e. The van der Waals surface area contributed by atoms with Gasteiger partial charge in [-0.3, -0.25) is 10.2 Å². The van der Waals surface area contributed by atoms with Gasteiger partial charge >= 0.3 is 0 Å². The van der Waals surface area contributed by atoms with Crippen LogP contribution in [-0.2, 0) is 4.79 Å². The molecule has 0 aliphatic carbocycles. The summed E-state index contributed by atoms with van der Waals surface area (Å²) in [5.74, 6) is 2.01. The number of thioether (sulfide) groups is 1. The Kier molecular flexibility index (Phi) is 8.27. The summed E-state index contributed by atoms with van der Waals surface area (Å²) < 4.78 is 22.2. The molecule has 0 bridgehead atoms. The molecule has 1 amide bonds. The minimum atomic E-state index is -0.459. The summed E-state index contributed by atoms with van der Waals surface area (Å²) in [6, 6.07) is 12.7. The Labute approximate surface area is 214 Å². The number of unbranched alkanes of at least 4 members (excludes halogenated alkanes) is 1. The number of amides is 1. The van der Waals surface area contributed by atoms with Crippen LogP contribution in [0, 0.1) is 5.41 Å². The van der Waals surface area contributed by atoms with E-state index in [0.717, 1.165) is 30.1 Å². The van der Waals surface area contributed by atoms with Gasteiger partial charge in [0.05, 0.1) is 19.8 Å². The second-order valence-corrected chi connectivity index (χ2v) is 8.94. The van der Waals surface area contributed by atoms with E-state index in [1.165, 1.54) is 16.8 Å². The number of hydrogen-bond donors (Lipinski definition) is 1. The van der Waals surface area contributed by atoms with E-state index in [1.807, 2.05) is 18.2 Å².